The largest absolute Gasteiger partial charge is 0.369 e. The molecule has 2 amide bonds. The fraction of sp³-hybridized carbons (Fsp3) is 0.733. The van der Waals surface area contributed by atoms with Gasteiger partial charge < -0.3 is 10.6 Å². The van der Waals surface area contributed by atoms with Gasteiger partial charge in [-0.05, 0) is 31.6 Å². The van der Waals surface area contributed by atoms with Crippen molar-refractivity contribution >= 4 is 11.8 Å². The van der Waals surface area contributed by atoms with E-state index in [9.17, 15) is 9.59 Å². The van der Waals surface area contributed by atoms with Crippen molar-refractivity contribution in [1.29, 1.82) is 0 Å². The van der Waals surface area contributed by atoms with Crippen LogP contribution in [-0.2, 0) is 9.59 Å². The maximum Gasteiger partial charge on any atom is 0.226 e. The Morgan fingerprint density at radius 1 is 1.32 bits per heavy atom. The van der Waals surface area contributed by atoms with Gasteiger partial charge in [-0.1, -0.05) is 25.5 Å². The van der Waals surface area contributed by atoms with E-state index in [-0.39, 0.29) is 29.1 Å². The Labute approximate surface area is 115 Å². The number of amides is 2. The molecule has 19 heavy (non-hydrogen) atoms. The monoisotopic (exact) mass is 264 g/mol. The van der Waals surface area contributed by atoms with Gasteiger partial charge in [-0.2, -0.15) is 0 Å². The zero-order chi connectivity index (χ0) is 14.4. The minimum absolute atomic E-state index is 0.0408. The first-order chi connectivity index (χ1) is 8.75. The van der Waals surface area contributed by atoms with Gasteiger partial charge in [0.2, 0.25) is 11.8 Å². The molecular weight excluding hydrogens is 240 g/mol. The molecule has 0 spiro atoms. The number of nitrogens with zero attached hydrogens (tertiary/aromatic N) is 1. The van der Waals surface area contributed by atoms with Crippen LogP contribution in [0.1, 0.15) is 34.1 Å². The highest BCUT2D eigenvalue weighted by Crippen LogP contribution is 2.60. The molecule has 0 aromatic rings. The molecule has 1 saturated carbocycles. The highest BCUT2D eigenvalue weighted by molar-refractivity contribution is 5.85. The maximum atomic E-state index is 12.5. The van der Waals surface area contributed by atoms with Gasteiger partial charge in [0.05, 0.1) is 11.8 Å². The lowest BCUT2D eigenvalue weighted by Gasteiger charge is -2.16. The molecule has 4 nitrogen and oxygen atoms in total. The van der Waals surface area contributed by atoms with Crippen LogP contribution in [0.25, 0.3) is 0 Å². The van der Waals surface area contributed by atoms with Crippen LogP contribution in [0.3, 0.4) is 0 Å². The summed E-state index contributed by atoms with van der Waals surface area (Å²) in [6, 6.07) is 0. The Morgan fingerprint density at radius 2 is 1.95 bits per heavy atom. The fourth-order valence-corrected chi connectivity index (χ4v) is 3.21. The van der Waals surface area contributed by atoms with E-state index in [0.29, 0.717) is 25.4 Å². The Kier molecular flexibility index (Phi) is 3.45. The highest BCUT2D eigenvalue weighted by Gasteiger charge is 2.61. The average molecular weight is 264 g/mol. The molecule has 2 rings (SSSR count). The van der Waals surface area contributed by atoms with Crippen LogP contribution in [-0.4, -0.2) is 29.8 Å². The first-order valence-corrected chi connectivity index (χ1v) is 6.98. The summed E-state index contributed by atoms with van der Waals surface area (Å²) in [5.74, 6) is 0.141. The van der Waals surface area contributed by atoms with Gasteiger partial charge in [0.15, 0.2) is 0 Å². The minimum atomic E-state index is -0.286. The molecule has 3 unspecified atom stereocenters. The second kappa shape index (κ2) is 4.66. The van der Waals surface area contributed by atoms with Gasteiger partial charge in [0.25, 0.3) is 0 Å². The normalized spacial score (nSPS) is 32.0. The van der Waals surface area contributed by atoms with Gasteiger partial charge in [-0.15, -0.1) is 0 Å². The summed E-state index contributed by atoms with van der Waals surface area (Å²) < 4.78 is 0. The molecule has 0 aromatic heterocycles. The van der Waals surface area contributed by atoms with E-state index in [1.165, 1.54) is 5.57 Å². The predicted molar refractivity (Wildman–Crippen MR) is 74.1 cm³/mol. The predicted octanol–water partition coefficient (Wildman–Crippen LogP) is 1.56. The van der Waals surface area contributed by atoms with E-state index >= 15 is 0 Å². The van der Waals surface area contributed by atoms with Crippen molar-refractivity contribution < 1.29 is 9.59 Å². The summed E-state index contributed by atoms with van der Waals surface area (Å²) in [4.78, 5) is 25.5. The van der Waals surface area contributed by atoms with Crippen LogP contribution in [0.2, 0.25) is 0 Å². The number of hydrogen-bond acceptors (Lipinski definition) is 2. The third-order valence-corrected chi connectivity index (χ3v) is 4.59. The van der Waals surface area contributed by atoms with Crippen LogP contribution in [0.5, 0.6) is 0 Å². The first-order valence-electron chi connectivity index (χ1n) is 6.98. The van der Waals surface area contributed by atoms with Crippen LogP contribution in [0.4, 0.5) is 0 Å². The van der Waals surface area contributed by atoms with E-state index < -0.39 is 0 Å². The van der Waals surface area contributed by atoms with Crippen molar-refractivity contribution in [2.75, 3.05) is 13.1 Å². The molecule has 1 aliphatic carbocycles. The Bertz CT molecular complexity index is 435. The topological polar surface area (TPSA) is 63.4 Å². The zero-order valence-electron chi connectivity index (χ0n) is 12.3. The van der Waals surface area contributed by atoms with Crippen molar-refractivity contribution in [3.63, 3.8) is 0 Å². The number of carbonyl (C=O) groups is 2. The van der Waals surface area contributed by atoms with Crippen molar-refractivity contribution in [3.8, 4) is 0 Å². The second-order valence-electron chi connectivity index (χ2n) is 6.74. The standard InChI is InChI=1S/C15H24N2O2/c1-9(2)7-11-12(15(11,3)4)14(19)17-6-5-10(8-17)13(16)18/h7,10-12H,5-6,8H2,1-4H3,(H2,16,18). The molecule has 2 fully saturated rings. The molecule has 1 aliphatic heterocycles. The van der Waals surface area contributed by atoms with Gasteiger partial charge in [0, 0.05) is 13.1 Å². The Balaban J connectivity index is 2.02. The number of carbonyl (C=O) groups excluding carboxylic acids is 2. The summed E-state index contributed by atoms with van der Waals surface area (Å²) >= 11 is 0. The average Bonchev–Trinajstić information content (AvgIpc) is 2.67. The highest BCUT2D eigenvalue weighted by atomic mass is 16.2. The van der Waals surface area contributed by atoms with Crippen molar-refractivity contribution in [2.24, 2.45) is 28.9 Å². The van der Waals surface area contributed by atoms with Crippen LogP contribution < -0.4 is 5.73 Å². The molecule has 1 heterocycles. The first kappa shape index (κ1) is 14.1. The van der Waals surface area contributed by atoms with Crippen LogP contribution >= 0.6 is 0 Å². The third-order valence-electron chi connectivity index (χ3n) is 4.59. The molecule has 2 N–H and O–H groups in total. The molecule has 106 valence electrons. The van der Waals surface area contributed by atoms with Crippen molar-refractivity contribution in [2.45, 2.75) is 34.1 Å². The lowest BCUT2D eigenvalue weighted by atomic mass is 10.1. The summed E-state index contributed by atoms with van der Waals surface area (Å²) in [6.45, 7) is 9.58. The number of likely N-dealkylation sites (tertiary alicyclic amines) is 1. The number of rotatable bonds is 3. The molecule has 0 radical (unpaired) electrons. The summed E-state index contributed by atoms with van der Waals surface area (Å²) in [5, 5.41) is 0. The second-order valence-corrected chi connectivity index (χ2v) is 6.74. The van der Waals surface area contributed by atoms with Gasteiger partial charge in [0.1, 0.15) is 0 Å². The van der Waals surface area contributed by atoms with Gasteiger partial charge in [-0.25, -0.2) is 0 Å². The van der Waals surface area contributed by atoms with E-state index in [1.54, 1.807) is 0 Å². The Morgan fingerprint density at radius 3 is 2.42 bits per heavy atom. The van der Waals surface area contributed by atoms with Gasteiger partial charge in [-0.3, -0.25) is 9.59 Å². The molecule has 0 aromatic carbocycles. The van der Waals surface area contributed by atoms with Crippen molar-refractivity contribution in [1.82, 2.24) is 4.90 Å². The Hall–Kier alpha value is -1.32. The number of primary amides is 1. The smallest absolute Gasteiger partial charge is 0.226 e. The summed E-state index contributed by atoms with van der Waals surface area (Å²) in [7, 11) is 0. The van der Waals surface area contributed by atoms with E-state index in [1.807, 2.05) is 4.90 Å². The van der Waals surface area contributed by atoms with E-state index in [2.05, 4.69) is 33.8 Å². The molecular formula is C15H24N2O2. The van der Waals surface area contributed by atoms with Crippen molar-refractivity contribution in [3.05, 3.63) is 11.6 Å². The van der Waals surface area contributed by atoms with Crippen LogP contribution in [0, 0.1) is 23.2 Å². The number of hydrogen-bond donors (Lipinski definition) is 1. The molecule has 2 aliphatic rings. The molecule has 4 heteroatoms. The van der Waals surface area contributed by atoms with E-state index in [4.69, 9.17) is 5.73 Å². The fourth-order valence-electron chi connectivity index (χ4n) is 3.21. The quantitative estimate of drug-likeness (QED) is 0.786. The zero-order valence-corrected chi connectivity index (χ0v) is 12.3. The molecule has 3 atom stereocenters. The lowest BCUT2D eigenvalue weighted by Crippen LogP contribution is -2.33. The van der Waals surface area contributed by atoms with Crippen LogP contribution in [0.15, 0.2) is 11.6 Å². The minimum Gasteiger partial charge on any atom is -0.369 e. The molecule has 0 bridgehead atoms. The van der Waals surface area contributed by atoms with Gasteiger partial charge >= 0.3 is 0 Å². The summed E-state index contributed by atoms with van der Waals surface area (Å²) in [5.41, 5.74) is 6.61. The SMILES string of the molecule is CC(C)=CC1C(C(=O)N2CCC(C(N)=O)C2)C1(C)C. The third kappa shape index (κ3) is 2.53. The maximum absolute atomic E-state index is 12.5. The number of nitrogens with two attached hydrogens (primary N) is 1. The van der Waals surface area contributed by atoms with E-state index in [0.717, 1.165) is 0 Å². The summed E-state index contributed by atoms with van der Waals surface area (Å²) in [6.07, 6.45) is 2.91. The lowest BCUT2D eigenvalue weighted by molar-refractivity contribution is -0.132. The molecule has 1 saturated heterocycles. The number of allylic oxidation sites excluding steroid dienone is 2.